The highest BCUT2D eigenvalue weighted by Gasteiger charge is 2.20. The monoisotopic (exact) mass is 370 g/mol. The third-order valence-corrected chi connectivity index (χ3v) is 4.18. The van der Waals surface area contributed by atoms with Crippen LogP contribution >= 0.6 is 0 Å². The molecule has 1 fully saturated rings. The number of nitrogens with zero attached hydrogens (tertiary/aromatic N) is 1. The molecule has 0 saturated carbocycles. The fourth-order valence-electron chi connectivity index (χ4n) is 2.82. The first kappa shape index (κ1) is 18.6. The van der Waals surface area contributed by atoms with Gasteiger partial charge >= 0.3 is 5.97 Å². The number of nitrogens with one attached hydrogen (secondary N) is 1. The SMILES string of the molecule is O=C(COC(=O)c1ccc(CN2CCCC2=O)cc1)Nc1cccc(F)c1. The minimum Gasteiger partial charge on any atom is -0.452 e. The minimum absolute atomic E-state index is 0.141. The number of carbonyl (C=O) groups is 3. The normalized spacial score (nSPS) is 13.5. The third-order valence-electron chi connectivity index (χ3n) is 4.18. The number of rotatable bonds is 6. The maximum absolute atomic E-state index is 13.1. The quantitative estimate of drug-likeness (QED) is 0.794. The molecule has 6 nitrogen and oxygen atoms in total. The van der Waals surface area contributed by atoms with Crippen molar-refractivity contribution < 1.29 is 23.5 Å². The fourth-order valence-corrected chi connectivity index (χ4v) is 2.82. The maximum atomic E-state index is 13.1. The number of esters is 1. The topological polar surface area (TPSA) is 75.7 Å². The second-order valence-corrected chi connectivity index (χ2v) is 6.25. The molecule has 1 saturated heterocycles. The van der Waals surface area contributed by atoms with Crippen LogP contribution in [0, 0.1) is 5.82 Å². The van der Waals surface area contributed by atoms with Gasteiger partial charge in [0, 0.05) is 25.2 Å². The highest BCUT2D eigenvalue weighted by atomic mass is 19.1. The van der Waals surface area contributed by atoms with Crippen LogP contribution in [-0.4, -0.2) is 35.8 Å². The van der Waals surface area contributed by atoms with Crippen molar-refractivity contribution in [2.45, 2.75) is 19.4 Å². The Bertz CT molecular complexity index is 851. The van der Waals surface area contributed by atoms with E-state index in [1.807, 2.05) is 0 Å². The molecular formula is C20H19FN2O4. The molecule has 0 bridgehead atoms. The van der Waals surface area contributed by atoms with Gasteiger partial charge in [-0.25, -0.2) is 9.18 Å². The highest BCUT2D eigenvalue weighted by Crippen LogP contribution is 2.15. The molecule has 0 aliphatic carbocycles. The molecule has 1 heterocycles. The Kier molecular flexibility index (Phi) is 5.80. The zero-order chi connectivity index (χ0) is 19.2. The van der Waals surface area contributed by atoms with Crippen LogP contribution in [0.15, 0.2) is 48.5 Å². The number of benzene rings is 2. The van der Waals surface area contributed by atoms with E-state index < -0.39 is 24.3 Å². The lowest BCUT2D eigenvalue weighted by Gasteiger charge is -2.15. The summed E-state index contributed by atoms with van der Waals surface area (Å²) >= 11 is 0. The van der Waals surface area contributed by atoms with E-state index in [2.05, 4.69) is 5.32 Å². The van der Waals surface area contributed by atoms with Crippen LogP contribution < -0.4 is 5.32 Å². The minimum atomic E-state index is -0.631. The van der Waals surface area contributed by atoms with Gasteiger partial charge in [-0.2, -0.15) is 0 Å². The van der Waals surface area contributed by atoms with Crippen molar-refractivity contribution in [2.75, 3.05) is 18.5 Å². The summed E-state index contributed by atoms with van der Waals surface area (Å²) in [7, 11) is 0. The van der Waals surface area contributed by atoms with Gasteiger partial charge < -0.3 is 15.0 Å². The molecule has 2 aromatic carbocycles. The highest BCUT2D eigenvalue weighted by molar-refractivity contribution is 5.95. The van der Waals surface area contributed by atoms with Crippen LogP contribution in [0.1, 0.15) is 28.8 Å². The van der Waals surface area contributed by atoms with Gasteiger partial charge in [-0.15, -0.1) is 0 Å². The zero-order valence-corrected chi connectivity index (χ0v) is 14.6. The predicted molar refractivity (Wildman–Crippen MR) is 96.4 cm³/mol. The summed E-state index contributed by atoms with van der Waals surface area (Å²) in [6.45, 7) is 0.798. The van der Waals surface area contributed by atoms with E-state index in [0.29, 0.717) is 18.5 Å². The van der Waals surface area contributed by atoms with Crippen LogP contribution in [0.4, 0.5) is 10.1 Å². The van der Waals surface area contributed by atoms with E-state index in [1.54, 1.807) is 29.2 Å². The average molecular weight is 370 g/mol. The summed E-state index contributed by atoms with van der Waals surface area (Å²) in [6.07, 6.45) is 1.46. The largest absolute Gasteiger partial charge is 0.452 e. The molecule has 2 aromatic rings. The lowest BCUT2D eigenvalue weighted by molar-refractivity contribution is -0.128. The number of hydrogen-bond acceptors (Lipinski definition) is 4. The second kappa shape index (κ2) is 8.44. The van der Waals surface area contributed by atoms with Crippen molar-refractivity contribution in [3.8, 4) is 0 Å². The van der Waals surface area contributed by atoms with Gasteiger partial charge in [0.2, 0.25) is 5.91 Å². The van der Waals surface area contributed by atoms with Crippen LogP contribution in [0.2, 0.25) is 0 Å². The zero-order valence-electron chi connectivity index (χ0n) is 14.6. The van der Waals surface area contributed by atoms with Crippen molar-refractivity contribution in [3.63, 3.8) is 0 Å². The van der Waals surface area contributed by atoms with Crippen molar-refractivity contribution in [1.29, 1.82) is 0 Å². The molecule has 0 spiro atoms. The van der Waals surface area contributed by atoms with E-state index >= 15 is 0 Å². The van der Waals surface area contributed by atoms with Crippen LogP contribution in [0.5, 0.6) is 0 Å². The molecule has 2 amide bonds. The van der Waals surface area contributed by atoms with E-state index in [9.17, 15) is 18.8 Å². The molecule has 3 rings (SSSR count). The summed E-state index contributed by atoms with van der Waals surface area (Å²) in [5.74, 6) is -1.52. The van der Waals surface area contributed by atoms with Gasteiger partial charge in [0.1, 0.15) is 5.82 Å². The Morgan fingerprint density at radius 1 is 1.15 bits per heavy atom. The summed E-state index contributed by atoms with van der Waals surface area (Å²) in [5.41, 5.74) is 1.52. The number of halogens is 1. The molecule has 7 heteroatoms. The van der Waals surface area contributed by atoms with Crippen molar-refractivity contribution >= 4 is 23.5 Å². The standard InChI is InChI=1S/C20H19FN2O4/c21-16-3-1-4-17(11-16)22-18(24)13-27-20(26)15-8-6-14(7-9-15)12-23-10-2-5-19(23)25/h1,3-4,6-9,11H,2,5,10,12-13H2,(H,22,24). The first-order chi connectivity index (χ1) is 13.0. The number of hydrogen-bond donors (Lipinski definition) is 1. The number of likely N-dealkylation sites (tertiary alicyclic amines) is 1. The van der Waals surface area contributed by atoms with Crippen LogP contribution in [0.25, 0.3) is 0 Å². The number of anilines is 1. The lowest BCUT2D eigenvalue weighted by atomic mass is 10.1. The molecule has 0 radical (unpaired) electrons. The third kappa shape index (κ3) is 5.13. The molecule has 1 N–H and O–H groups in total. The smallest absolute Gasteiger partial charge is 0.338 e. The second-order valence-electron chi connectivity index (χ2n) is 6.25. The van der Waals surface area contributed by atoms with E-state index in [1.165, 1.54) is 24.3 Å². The van der Waals surface area contributed by atoms with Crippen LogP contribution in [0.3, 0.4) is 0 Å². The first-order valence-electron chi connectivity index (χ1n) is 8.60. The average Bonchev–Trinajstić information content (AvgIpc) is 3.05. The fraction of sp³-hybridized carbons (Fsp3) is 0.250. The summed E-state index contributed by atoms with van der Waals surface area (Å²) in [4.78, 5) is 37.3. The molecular weight excluding hydrogens is 351 g/mol. The Hall–Kier alpha value is -3.22. The van der Waals surface area contributed by atoms with Gasteiger partial charge in [-0.1, -0.05) is 18.2 Å². The van der Waals surface area contributed by atoms with Crippen molar-refractivity contribution in [1.82, 2.24) is 4.90 Å². The summed E-state index contributed by atoms with van der Waals surface area (Å²) in [6, 6.07) is 12.2. The predicted octanol–water partition coefficient (Wildman–Crippen LogP) is 2.74. The van der Waals surface area contributed by atoms with Gasteiger partial charge in [-0.3, -0.25) is 9.59 Å². The Labute approximate surface area is 155 Å². The molecule has 0 atom stereocenters. The van der Waals surface area contributed by atoms with E-state index in [-0.39, 0.29) is 11.6 Å². The van der Waals surface area contributed by atoms with Crippen molar-refractivity contribution in [2.24, 2.45) is 0 Å². The molecule has 140 valence electrons. The van der Waals surface area contributed by atoms with E-state index in [0.717, 1.165) is 18.5 Å². The number of carbonyl (C=O) groups excluding carboxylic acids is 3. The van der Waals surface area contributed by atoms with Gasteiger partial charge in [0.15, 0.2) is 6.61 Å². The Morgan fingerprint density at radius 2 is 1.93 bits per heavy atom. The molecule has 1 aliphatic heterocycles. The van der Waals surface area contributed by atoms with Crippen LogP contribution in [-0.2, 0) is 20.9 Å². The summed E-state index contributed by atoms with van der Waals surface area (Å²) < 4.78 is 18.1. The lowest BCUT2D eigenvalue weighted by Crippen LogP contribution is -2.23. The van der Waals surface area contributed by atoms with Crippen molar-refractivity contribution in [3.05, 3.63) is 65.5 Å². The molecule has 1 aliphatic rings. The first-order valence-corrected chi connectivity index (χ1v) is 8.60. The molecule has 27 heavy (non-hydrogen) atoms. The van der Waals surface area contributed by atoms with Gasteiger partial charge in [-0.05, 0) is 42.3 Å². The Morgan fingerprint density at radius 3 is 2.59 bits per heavy atom. The Balaban J connectivity index is 1.49. The molecule has 0 aromatic heterocycles. The molecule has 0 unspecified atom stereocenters. The van der Waals surface area contributed by atoms with Gasteiger partial charge in [0.05, 0.1) is 5.56 Å². The van der Waals surface area contributed by atoms with Gasteiger partial charge in [0.25, 0.3) is 5.91 Å². The maximum Gasteiger partial charge on any atom is 0.338 e. The summed E-state index contributed by atoms with van der Waals surface area (Å²) in [5, 5.41) is 2.45. The van der Waals surface area contributed by atoms with E-state index in [4.69, 9.17) is 4.74 Å². The number of ether oxygens (including phenoxy) is 1. The number of amides is 2.